The van der Waals surface area contributed by atoms with E-state index >= 15 is 0 Å². The lowest BCUT2D eigenvalue weighted by atomic mass is 10.1. The van der Waals surface area contributed by atoms with Crippen LogP contribution in [0.1, 0.15) is 40.7 Å². The quantitative estimate of drug-likeness (QED) is 0.814. The Morgan fingerprint density at radius 1 is 1.33 bits per heavy atom. The molecule has 1 saturated heterocycles. The average Bonchev–Trinajstić information content (AvgIpc) is 2.47. The zero-order chi connectivity index (χ0) is 15.2. The molecule has 1 heterocycles. The van der Waals surface area contributed by atoms with Gasteiger partial charge in [-0.2, -0.15) is 0 Å². The first-order valence-corrected chi connectivity index (χ1v) is 7.82. The van der Waals surface area contributed by atoms with E-state index in [9.17, 15) is 9.90 Å². The van der Waals surface area contributed by atoms with E-state index in [0.717, 1.165) is 55.6 Å². The number of benzene rings is 1. The van der Waals surface area contributed by atoms with Gasteiger partial charge < -0.3 is 15.3 Å². The van der Waals surface area contributed by atoms with Crippen LogP contribution in [0.2, 0.25) is 0 Å². The lowest BCUT2D eigenvalue weighted by Gasteiger charge is -2.29. The highest BCUT2D eigenvalue weighted by Crippen LogP contribution is 2.11. The number of hydrogen-bond acceptors (Lipinski definition) is 3. The maximum absolute atomic E-state index is 12.2. The van der Waals surface area contributed by atoms with Crippen LogP contribution in [0.25, 0.3) is 0 Å². The van der Waals surface area contributed by atoms with Gasteiger partial charge >= 0.3 is 0 Å². The third-order valence-electron chi connectivity index (χ3n) is 4.13. The number of hydrogen-bond donors (Lipinski definition) is 2. The van der Waals surface area contributed by atoms with Gasteiger partial charge in [-0.25, -0.2) is 0 Å². The predicted molar refractivity (Wildman–Crippen MR) is 84.5 cm³/mol. The van der Waals surface area contributed by atoms with E-state index in [2.05, 4.69) is 10.2 Å². The van der Waals surface area contributed by atoms with Crippen LogP contribution < -0.4 is 5.32 Å². The standard InChI is InChI=1S/C17H26N2O2/c1-13-4-5-14(2)16(12-13)17(21)18-8-3-9-19-10-6-15(20)7-11-19/h4-5,12,15,20H,3,6-11H2,1-2H3,(H,18,21). The Hall–Kier alpha value is -1.39. The molecule has 0 saturated carbocycles. The van der Waals surface area contributed by atoms with Gasteiger partial charge in [0, 0.05) is 25.2 Å². The smallest absolute Gasteiger partial charge is 0.251 e. The van der Waals surface area contributed by atoms with Crippen molar-refractivity contribution in [1.29, 1.82) is 0 Å². The van der Waals surface area contributed by atoms with Gasteiger partial charge in [0.05, 0.1) is 6.10 Å². The summed E-state index contributed by atoms with van der Waals surface area (Å²) in [7, 11) is 0. The van der Waals surface area contributed by atoms with Gasteiger partial charge in [-0.1, -0.05) is 17.7 Å². The molecule has 4 nitrogen and oxygen atoms in total. The summed E-state index contributed by atoms with van der Waals surface area (Å²) in [5.74, 6) is 0.0188. The highest BCUT2D eigenvalue weighted by atomic mass is 16.3. The Morgan fingerprint density at radius 2 is 2.05 bits per heavy atom. The van der Waals surface area contributed by atoms with Crippen molar-refractivity contribution in [3.8, 4) is 0 Å². The van der Waals surface area contributed by atoms with Crippen molar-refractivity contribution >= 4 is 5.91 Å². The number of nitrogens with zero attached hydrogens (tertiary/aromatic N) is 1. The van der Waals surface area contributed by atoms with Crippen LogP contribution in [0.15, 0.2) is 18.2 Å². The van der Waals surface area contributed by atoms with Crippen LogP contribution in [-0.4, -0.2) is 48.2 Å². The summed E-state index contributed by atoms with van der Waals surface area (Å²) < 4.78 is 0. The molecule has 4 heteroatoms. The Balaban J connectivity index is 1.71. The summed E-state index contributed by atoms with van der Waals surface area (Å²) in [6.45, 7) is 7.58. The molecule has 116 valence electrons. The first kappa shape index (κ1) is 16.0. The number of aliphatic hydroxyl groups excluding tert-OH is 1. The van der Waals surface area contributed by atoms with Crippen molar-refractivity contribution < 1.29 is 9.90 Å². The molecule has 0 radical (unpaired) electrons. The summed E-state index contributed by atoms with van der Waals surface area (Å²) in [5, 5.41) is 12.5. The molecule has 21 heavy (non-hydrogen) atoms. The Kier molecular flexibility index (Phi) is 5.76. The number of aryl methyl sites for hydroxylation is 2. The first-order valence-electron chi connectivity index (χ1n) is 7.82. The number of likely N-dealkylation sites (tertiary alicyclic amines) is 1. The Morgan fingerprint density at radius 3 is 2.76 bits per heavy atom. The van der Waals surface area contributed by atoms with E-state index in [1.807, 2.05) is 32.0 Å². The molecule has 1 aliphatic heterocycles. The molecule has 0 spiro atoms. The molecule has 1 aromatic carbocycles. The maximum Gasteiger partial charge on any atom is 0.251 e. The second kappa shape index (κ2) is 7.57. The van der Waals surface area contributed by atoms with Gasteiger partial charge in [0.2, 0.25) is 0 Å². The number of piperidine rings is 1. The molecule has 1 aliphatic rings. The molecule has 1 fully saturated rings. The number of aliphatic hydroxyl groups is 1. The molecule has 1 amide bonds. The minimum absolute atomic E-state index is 0.0188. The van der Waals surface area contributed by atoms with Crippen LogP contribution in [0, 0.1) is 13.8 Å². The number of carbonyl (C=O) groups is 1. The average molecular weight is 290 g/mol. The normalized spacial score (nSPS) is 16.9. The molecular weight excluding hydrogens is 264 g/mol. The number of rotatable bonds is 5. The van der Waals surface area contributed by atoms with Crippen molar-refractivity contribution in [2.75, 3.05) is 26.2 Å². The minimum atomic E-state index is -0.120. The van der Waals surface area contributed by atoms with Crippen molar-refractivity contribution in [2.45, 2.75) is 39.2 Å². The molecule has 0 atom stereocenters. The third kappa shape index (κ3) is 4.83. The van der Waals surface area contributed by atoms with E-state index in [4.69, 9.17) is 0 Å². The van der Waals surface area contributed by atoms with Crippen LogP contribution in [0.4, 0.5) is 0 Å². The highest BCUT2D eigenvalue weighted by Gasteiger charge is 2.16. The van der Waals surface area contributed by atoms with Crippen LogP contribution in [0.5, 0.6) is 0 Å². The molecule has 1 aromatic rings. The number of carbonyl (C=O) groups excluding carboxylic acids is 1. The first-order chi connectivity index (χ1) is 10.1. The molecule has 2 N–H and O–H groups in total. The zero-order valence-corrected chi connectivity index (χ0v) is 13.1. The van der Waals surface area contributed by atoms with Gasteiger partial charge in [-0.3, -0.25) is 4.79 Å². The van der Waals surface area contributed by atoms with Gasteiger partial charge in [0.1, 0.15) is 0 Å². The molecule has 0 aliphatic carbocycles. The summed E-state index contributed by atoms with van der Waals surface area (Å²) in [4.78, 5) is 14.5. The van der Waals surface area contributed by atoms with Gasteiger partial charge in [0.15, 0.2) is 0 Å². The predicted octanol–water partition coefficient (Wildman–Crippen LogP) is 1.88. The SMILES string of the molecule is Cc1ccc(C)c(C(=O)NCCCN2CCC(O)CC2)c1. The van der Waals surface area contributed by atoms with Gasteiger partial charge in [-0.15, -0.1) is 0 Å². The summed E-state index contributed by atoms with van der Waals surface area (Å²) in [6.07, 6.45) is 2.57. The fourth-order valence-corrected chi connectivity index (χ4v) is 2.72. The van der Waals surface area contributed by atoms with Crippen molar-refractivity contribution in [1.82, 2.24) is 10.2 Å². The monoisotopic (exact) mass is 290 g/mol. The van der Waals surface area contributed by atoms with Crippen molar-refractivity contribution in [3.63, 3.8) is 0 Å². The lowest BCUT2D eigenvalue weighted by molar-refractivity contribution is 0.0816. The van der Waals surface area contributed by atoms with Crippen LogP contribution >= 0.6 is 0 Å². The van der Waals surface area contributed by atoms with Crippen LogP contribution in [0.3, 0.4) is 0 Å². The van der Waals surface area contributed by atoms with Gasteiger partial charge in [-0.05, 0) is 51.3 Å². The lowest BCUT2D eigenvalue weighted by Crippen LogP contribution is -2.37. The second-order valence-corrected chi connectivity index (χ2v) is 6.00. The molecule has 2 rings (SSSR count). The molecule has 0 bridgehead atoms. The highest BCUT2D eigenvalue weighted by molar-refractivity contribution is 5.95. The van der Waals surface area contributed by atoms with Crippen molar-refractivity contribution in [2.24, 2.45) is 0 Å². The largest absolute Gasteiger partial charge is 0.393 e. The van der Waals surface area contributed by atoms with Crippen molar-refractivity contribution in [3.05, 3.63) is 34.9 Å². The summed E-state index contributed by atoms with van der Waals surface area (Å²) in [5.41, 5.74) is 2.90. The van der Waals surface area contributed by atoms with E-state index in [-0.39, 0.29) is 12.0 Å². The molecule has 0 aromatic heterocycles. The molecular formula is C17H26N2O2. The Bertz CT molecular complexity index is 480. The Labute approximate surface area is 127 Å². The van der Waals surface area contributed by atoms with E-state index in [1.54, 1.807) is 0 Å². The van der Waals surface area contributed by atoms with E-state index < -0.39 is 0 Å². The van der Waals surface area contributed by atoms with Crippen LogP contribution in [-0.2, 0) is 0 Å². The third-order valence-corrected chi connectivity index (χ3v) is 4.13. The molecule has 0 unspecified atom stereocenters. The second-order valence-electron chi connectivity index (χ2n) is 6.00. The summed E-state index contributed by atoms with van der Waals surface area (Å²) >= 11 is 0. The fourth-order valence-electron chi connectivity index (χ4n) is 2.72. The summed E-state index contributed by atoms with van der Waals surface area (Å²) in [6, 6.07) is 5.96. The zero-order valence-electron chi connectivity index (χ0n) is 13.1. The fraction of sp³-hybridized carbons (Fsp3) is 0.588. The minimum Gasteiger partial charge on any atom is -0.393 e. The number of nitrogens with one attached hydrogen (secondary N) is 1. The number of amides is 1. The maximum atomic E-state index is 12.2. The topological polar surface area (TPSA) is 52.6 Å². The van der Waals surface area contributed by atoms with Gasteiger partial charge in [0.25, 0.3) is 5.91 Å². The van der Waals surface area contributed by atoms with E-state index in [0.29, 0.717) is 6.54 Å². The van der Waals surface area contributed by atoms with E-state index in [1.165, 1.54) is 0 Å².